The highest BCUT2D eigenvalue weighted by Crippen LogP contribution is 2.33. The molecule has 132 valence electrons. The van der Waals surface area contributed by atoms with Crippen molar-refractivity contribution < 1.29 is 13.2 Å². The lowest BCUT2D eigenvalue weighted by molar-refractivity contribution is -0.137. The molecule has 1 atom stereocenters. The molecule has 0 radical (unpaired) electrons. The smallest absolute Gasteiger partial charge is 0.301 e. The molecule has 0 bridgehead atoms. The van der Waals surface area contributed by atoms with Gasteiger partial charge in [0.25, 0.3) is 5.56 Å². The summed E-state index contributed by atoms with van der Waals surface area (Å²) in [7, 11) is 0. The number of nitrogens with zero attached hydrogens (tertiary/aromatic N) is 2. The Bertz CT molecular complexity index is 869. The van der Waals surface area contributed by atoms with Crippen LogP contribution in [-0.4, -0.2) is 15.2 Å². The van der Waals surface area contributed by atoms with Crippen molar-refractivity contribution in [3.8, 4) is 6.07 Å². The fraction of sp³-hybridized carbons (Fsp3) is 0.353. The van der Waals surface area contributed by atoms with E-state index < -0.39 is 23.2 Å². The third-order valence-electron chi connectivity index (χ3n) is 3.46. The first-order valence-electron chi connectivity index (χ1n) is 7.47. The van der Waals surface area contributed by atoms with Crippen LogP contribution in [0.2, 0.25) is 0 Å². The van der Waals surface area contributed by atoms with Gasteiger partial charge in [-0.05, 0) is 18.6 Å². The number of nitriles is 1. The van der Waals surface area contributed by atoms with Crippen LogP contribution in [0.1, 0.15) is 42.1 Å². The lowest BCUT2D eigenvalue weighted by atomic mass is 9.93. The van der Waals surface area contributed by atoms with Crippen molar-refractivity contribution in [1.29, 1.82) is 5.26 Å². The molecule has 1 aromatic heterocycles. The first-order chi connectivity index (χ1) is 11.6. The topological polar surface area (TPSA) is 69.5 Å². The Morgan fingerprint density at radius 3 is 2.56 bits per heavy atom. The molecule has 0 fully saturated rings. The number of hydrogen-bond donors (Lipinski definition) is 1. The normalized spacial score (nSPS) is 12.9. The van der Waals surface area contributed by atoms with Gasteiger partial charge < -0.3 is 4.98 Å². The van der Waals surface area contributed by atoms with Gasteiger partial charge in [-0.1, -0.05) is 43.8 Å². The van der Waals surface area contributed by atoms with Crippen LogP contribution in [0, 0.1) is 18.3 Å². The Morgan fingerprint density at radius 1 is 1.32 bits per heavy atom. The van der Waals surface area contributed by atoms with Crippen molar-refractivity contribution in [3.63, 3.8) is 0 Å². The zero-order chi connectivity index (χ0) is 18.8. The molecule has 4 nitrogen and oxygen atoms in total. The number of alkyl halides is 3. The van der Waals surface area contributed by atoms with Crippen molar-refractivity contribution in [2.45, 2.75) is 43.3 Å². The fourth-order valence-corrected chi connectivity index (χ4v) is 3.03. The fourth-order valence-electron chi connectivity index (χ4n) is 2.28. The Labute approximate surface area is 147 Å². The quantitative estimate of drug-likeness (QED) is 0.648. The molecule has 0 aliphatic carbocycles. The Kier molecular flexibility index (Phi) is 5.58. The van der Waals surface area contributed by atoms with Crippen LogP contribution in [0.15, 0.2) is 34.2 Å². The highest BCUT2D eigenvalue weighted by molar-refractivity contribution is 7.99. The van der Waals surface area contributed by atoms with Crippen LogP contribution >= 0.6 is 11.8 Å². The minimum atomic E-state index is -4.51. The molecule has 25 heavy (non-hydrogen) atoms. The monoisotopic (exact) mass is 367 g/mol. The van der Waals surface area contributed by atoms with Crippen molar-refractivity contribution in [1.82, 2.24) is 9.97 Å². The summed E-state index contributed by atoms with van der Waals surface area (Å²) in [5.41, 5.74) is -0.699. The summed E-state index contributed by atoms with van der Waals surface area (Å²) in [6.07, 6.45) is -4.51. The van der Waals surface area contributed by atoms with E-state index in [-0.39, 0.29) is 22.1 Å². The second kappa shape index (κ2) is 7.31. The summed E-state index contributed by atoms with van der Waals surface area (Å²) < 4.78 is 38.8. The maximum Gasteiger partial charge on any atom is 0.416 e. The predicted molar refractivity (Wildman–Crippen MR) is 89.5 cm³/mol. The molecule has 2 rings (SSSR count). The first-order valence-corrected chi connectivity index (χ1v) is 8.35. The minimum absolute atomic E-state index is 0.146. The van der Waals surface area contributed by atoms with E-state index in [0.29, 0.717) is 5.16 Å². The van der Waals surface area contributed by atoms with Gasteiger partial charge in [0.05, 0.1) is 17.3 Å². The number of hydrogen-bond acceptors (Lipinski definition) is 4. The third kappa shape index (κ3) is 4.42. The summed E-state index contributed by atoms with van der Waals surface area (Å²) >= 11 is 1.31. The molecule has 0 saturated carbocycles. The maximum absolute atomic E-state index is 12.9. The molecule has 1 aromatic carbocycles. The lowest BCUT2D eigenvalue weighted by Gasteiger charge is -2.15. The van der Waals surface area contributed by atoms with Crippen molar-refractivity contribution in [2.75, 3.05) is 0 Å². The highest BCUT2D eigenvalue weighted by Gasteiger charge is 2.31. The van der Waals surface area contributed by atoms with Gasteiger partial charge in [0.15, 0.2) is 5.16 Å². The molecule has 8 heteroatoms. The third-order valence-corrected chi connectivity index (χ3v) is 4.35. The second-order valence-corrected chi connectivity index (χ2v) is 7.30. The largest absolute Gasteiger partial charge is 0.416 e. The number of aromatic nitrogens is 2. The van der Waals surface area contributed by atoms with Crippen LogP contribution in [0.5, 0.6) is 0 Å². The molecule has 1 N–H and O–H groups in total. The summed E-state index contributed by atoms with van der Waals surface area (Å²) in [5, 5.41) is 10.0. The maximum atomic E-state index is 12.9. The number of rotatable bonds is 4. The Balaban J connectivity index is 2.57. The number of halogens is 3. The van der Waals surface area contributed by atoms with Gasteiger partial charge in [-0.2, -0.15) is 18.4 Å². The van der Waals surface area contributed by atoms with Crippen LogP contribution in [0.4, 0.5) is 13.2 Å². The first kappa shape index (κ1) is 19.1. The molecule has 2 aromatic rings. The van der Waals surface area contributed by atoms with Crippen molar-refractivity contribution in [3.05, 3.63) is 57.0 Å². The molecule has 0 aliphatic rings. The average molecular weight is 367 g/mol. The molecule has 1 heterocycles. The molecule has 0 aliphatic heterocycles. The van der Waals surface area contributed by atoms with Crippen LogP contribution in [-0.2, 0) is 6.18 Å². The van der Waals surface area contributed by atoms with Gasteiger partial charge in [0, 0.05) is 10.8 Å². The van der Waals surface area contributed by atoms with Crippen molar-refractivity contribution in [2.24, 2.45) is 0 Å². The molecule has 1 unspecified atom stereocenters. The second-order valence-electron chi connectivity index (χ2n) is 5.73. The van der Waals surface area contributed by atoms with Gasteiger partial charge in [-0.15, -0.1) is 0 Å². The minimum Gasteiger partial charge on any atom is -0.301 e. The Morgan fingerprint density at radius 2 is 2.00 bits per heavy atom. The standard InChI is InChI=1S/C17H16F3N3OS/c1-9(2)25-16-22-14(10(3)15(24)23-16)13(8-21)11-5-4-6-12(7-11)17(18,19)20/h4-7,9,13H,1-3H3,(H,22,23,24). The highest BCUT2D eigenvalue weighted by atomic mass is 32.2. The number of aromatic amines is 1. The van der Waals surface area contributed by atoms with Crippen LogP contribution in [0.3, 0.4) is 0 Å². The predicted octanol–water partition coefficient (Wildman–Crippen LogP) is 4.25. The summed E-state index contributed by atoms with van der Waals surface area (Å²) in [4.78, 5) is 19.1. The van der Waals surface area contributed by atoms with Crippen molar-refractivity contribution >= 4 is 11.8 Å². The molecular weight excluding hydrogens is 351 g/mol. The van der Waals surface area contributed by atoms with E-state index in [1.165, 1.54) is 30.8 Å². The van der Waals surface area contributed by atoms with E-state index in [2.05, 4.69) is 9.97 Å². The van der Waals surface area contributed by atoms with E-state index in [9.17, 15) is 23.2 Å². The van der Waals surface area contributed by atoms with Gasteiger partial charge in [-0.25, -0.2) is 4.98 Å². The van der Waals surface area contributed by atoms with Gasteiger partial charge >= 0.3 is 6.18 Å². The lowest BCUT2D eigenvalue weighted by Crippen LogP contribution is -2.19. The zero-order valence-corrected chi connectivity index (χ0v) is 14.6. The van der Waals surface area contributed by atoms with E-state index in [1.54, 1.807) is 0 Å². The molecule has 0 amide bonds. The molecular formula is C17H16F3N3OS. The zero-order valence-electron chi connectivity index (χ0n) is 13.8. The van der Waals surface area contributed by atoms with E-state index in [0.717, 1.165) is 12.1 Å². The number of thioether (sulfide) groups is 1. The average Bonchev–Trinajstić information content (AvgIpc) is 2.51. The number of H-pyrrole nitrogens is 1. The number of benzene rings is 1. The van der Waals surface area contributed by atoms with Crippen LogP contribution < -0.4 is 5.56 Å². The van der Waals surface area contributed by atoms with E-state index in [4.69, 9.17) is 0 Å². The number of nitrogens with one attached hydrogen (secondary N) is 1. The van der Waals surface area contributed by atoms with Crippen LogP contribution in [0.25, 0.3) is 0 Å². The summed E-state index contributed by atoms with van der Waals surface area (Å²) in [5.74, 6) is -1.06. The molecule has 0 saturated heterocycles. The summed E-state index contributed by atoms with van der Waals surface area (Å²) in [6, 6.07) is 6.51. The van der Waals surface area contributed by atoms with Gasteiger partial charge in [0.1, 0.15) is 5.92 Å². The Hall–Kier alpha value is -2.27. The molecule has 0 spiro atoms. The SMILES string of the molecule is Cc1c(C(C#N)c2cccc(C(F)(F)F)c2)nc(SC(C)C)[nH]c1=O. The van der Waals surface area contributed by atoms with E-state index in [1.807, 2.05) is 19.9 Å². The van der Waals surface area contributed by atoms with Gasteiger partial charge in [0.2, 0.25) is 0 Å². The van der Waals surface area contributed by atoms with Gasteiger partial charge in [-0.3, -0.25) is 4.79 Å². The van der Waals surface area contributed by atoms with E-state index >= 15 is 0 Å². The summed E-state index contributed by atoms with van der Waals surface area (Å²) in [6.45, 7) is 5.33.